The smallest absolute Gasteiger partial charge is 0.224 e. The van der Waals surface area contributed by atoms with Gasteiger partial charge in [0.15, 0.2) is 9.84 Å². The van der Waals surface area contributed by atoms with Gasteiger partial charge in [-0.2, -0.15) is 0 Å². The molecular formula is C10H13ClO4S2. The summed E-state index contributed by atoms with van der Waals surface area (Å²) >= 11 is 0. The lowest BCUT2D eigenvalue weighted by Gasteiger charge is -2.04. The molecule has 0 spiro atoms. The van der Waals surface area contributed by atoms with Crippen LogP contribution in [-0.2, 0) is 18.9 Å². The van der Waals surface area contributed by atoms with Crippen LogP contribution < -0.4 is 0 Å². The molecule has 1 aromatic rings. The maximum atomic E-state index is 11.8. The molecule has 0 unspecified atom stereocenters. The molecule has 17 heavy (non-hydrogen) atoms. The lowest BCUT2D eigenvalue weighted by molar-refractivity contribution is 0.593. The van der Waals surface area contributed by atoms with E-state index >= 15 is 0 Å². The number of aryl methyl sites for hydroxylation is 1. The van der Waals surface area contributed by atoms with Crippen molar-refractivity contribution in [2.45, 2.75) is 18.2 Å². The zero-order chi connectivity index (χ0) is 13.1. The summed E-state index contributed by atoms with van der Waals surface area (Å²) in [4.78, 5) is 0.212. The molecule has 96 valence electrons. The fourth-order valence-electron chi connectivity index (χ4n) is 1.35. The van der Waals surface area contributed by atoms with Gasteiger partial charge in [-0.1, -0.05) is 12.1 Å². The van der Waals surface area contributed by atoms with Gasteiger partial charge in [-0.25, -0.2) is 16.8 Å². The molecule has 0 aliphatic rings. The summed E-state index contributed by atoms with van der Waals surface area (Å²) < 4.78 is 45.0. The van der Waals surface area contributed by atoms with E-state index in [1.54, 1.807) is 25.1 Å². The fourth-order valence-corrected chi connectivity index (χ4v) is 3.76. The second-order valence-electron chi connectivity index (χ2n) is 3.73. The average Bonchev–Trinajstić information content (AvgIpc) is 2.15. The molecule has 0 fully saturated rings. The third-order valence-electron chi connectivity index (χ3n) is 2.15. The number of benzene rings is 1. The first kappa shape index (κ1) is 14.5. The largest absolute Gasteiger partial charge is 0.232 e. The van der Waals surface area contributed by atoms with Crippen LogP contribution in [0.1, 0.15) is 12.0 Å². The molecule has 7 heteroatoms. The molecule has 0 saturated heterocycles. The standard InChI is InChI=1S/C10H13ClO4S2/c1-9-4-2-5-10(8-9)16(12,13)6-3-7-17(11,14)15/h2,4-5,8H,3,6-7H2,1H3. The van der Waals surface area contributed by atoms with Crippen LogP contribution in [-0.4, -0.2) is 28.3 Å². The Bertz CT molecular complexity index is 590. The van der Waals surface area contributed by atoms with E-state index in [1.807, 2.05) is 0 Å². The first-order valence-corrected chi connectivity index (χ1v) is 9.05. The molecule has 0 heterocycles. The Morgan fingerprint density at radius 3 is 2.29 bits per heavy atom. The van der Waals surface area contributed by atoms with Crippen molar-refractivity contribution in [3.63, 3.8) is 0 Å². The second-order valence-corrected chi connectivity index (χ2v) is 8.74. The van der Waals surface area contributed by atoms with Crippen LogP contribution in [0.2, 0.25) is 0 Å². The third kappa shape index (κ3) is 5.06. The summed E-state index contributed by atoms with van der Waals surface area (Å²) in [6.45, 7) is 1.79. The number of sulfone groups is 1. The second kappa shape index (κ2) is 5.37. The van der Waals surface area contributed by atoms with Gasteiger partial charge in [0.05, 0.1) is 16.4 Å². The van der Waals surface area contributed by atoms with Crippen molar-refractivity contribution in [2.75, 3.05) is 11.5 Å². The maximum Gasteiger partial charge on any atom is 0.232 e. The van der Waals surface area contributed by atoms with Crippen molar-refractivity contribution in [1.82, 2.24) is 0 Å². The van der Waals surface area contributed by atoms with E-state index in [-0.39, 0.29) is 22.8 Å². The Morgan fingerprint density at radius 2 is 1.76 bits per heavy atom. The molecular weight excluding hydrogens is 284 g/mol. The van der Waals surface area contributed by atoms with E-state index in [0.29, 0.717) is 0 Å². The lowest BCUT2D eigenvalue weighted by Crippen LogP contribution is -2.10. The van der Waals surface area contributed by atoms with Gasteiger partial charge in [0.2, 0.25) is 9.05 Å². The van der Waals surface area contributed by atoms with Gasteiger partial charge in [-0.15, -0.1) is 0 Å². The van der Waals surface area contributed by atoms with Crippen LogP contribution in [0.25, 0.3) is 0 Å². The Kier molecular flexibility index (Phi) is 4.57. The van der Waals surface area contributed by atoms with Crippen molar-refractivity contribution in [2.24, 2.45) is 0 Å². The van der Waals surface area contributed by atoms with Crippen molar-refractivity contribution < 1.29 is 16.8 Å². The van der Waals surface area contributed by atoms with Crippen LogP contribution in [0.3, 0.4) is 0 Å². The summed E-state index contributed by atoms with van der Waals surface area (Å²) in [6, 6.07) is 6.50. The van der Waals surface area contributed by atoms with Gasteiger partial charge >= 0.3 is 0 Å². The molecule has 1 rings (SSSR count). The molecule has 0 aromatic heterocycles. The monoisotopic (exact) mass is 296 g/mol. The van der Waals surface area contributed by atoms with Gasteiger partial charge in [-0.05, 0) is 31.0 Å². The van der Waals surface area contributed by atoms with Crippen LogP contribution in [0, 0.1) is 6.92 Å². The fraction of sp³-hybridized carbons (Fsp3) is 0.400. The molecule has 0 bridgehead atoms. The van der Waals surface area contributed by atoms with Gasteiger partial charge in [0, 0.05) is 10.7 Å². The van der Waals surface area contributed by atoms with Crippen LogP contribution >= 0.6 is 10.7 Å². The maximum absolute atomic E-state index is 11.8. The molecule has 0 saturated carbocycles. The van der Waals surface area contributed by atoms with Crippen molar-refractivity contribution in [3.05, 3.63) is 29.8 Å². The van der Waals surface area contributed by atoms with E-state index in [2.05, 4.69) is 0 Å². The average molecular weight is 297 g/mol. The van der Waals surface area contributed by atoms with Crippen molar-refractivity contribution in [3.8, 4) is 0 Å². The highest BCUT2D eigenvalue weighted by atomic mass is 35.7. The highest BCUT2D eigenvalue weighted by Crippen LogP contribution is 2.14. The zero-order valence-corrected chi connectivity index (χ0v) is 11.6. The summed E-state index contributed by atoms with van der Waals surface area (Å²) in [6.07, 6.45) is 0.00209. The number of hydrogen-bond acceptors (Lipinski definition) is 4. The van der Waals surface area contributed by atoms with Crippen LogP contribution in [0.15, 0.2) is 29.2 Å². The Morgan fingerprint density at radius 1 is 1.12 bits per heavy atom. The Labute approximate surface area is 106 Å². The minimum atomic E-state index is -3.63. The number of halogens is 1. The van der Waals surface area contributed by atoms with E-state index < -0.39 is 18.9 Å². The summed E-state index contributed by atoms with van der Waals surface area (Å²) in [5, 5.41) is 0. The first-order valence-electron chi connectivity index (χ1n) is 4.92. The van der Waals surface area contributed by atoms with Crippen LogP contribution in [0.5, 0.6) is 0 Å². The highest BCUT2D eigenvalue weighted by Gasteiger charge is 2.16. The molecule has 0 N–H and O–H groups in total. The Balaban J connectivity index is 2.77. The van der Waals surface area contributed by atoms with Crippen molar-refractivity contribution in [1.29, 1.82) is 0 Å². The van der Waals surface area contributed by atoms with Gasteiger partial charge in [-0.3, -0.25) is 0 Å². The Hall–Kier alpha value is -0.590. The molecule has 0 atom stereocenters. The molecule has 0 radical (unpaired) electrons. The molecule has 1 aromatic carbocycles. The molecule has 0 aliphatic carbocycles. The molecule has 0 aliphatic heterocycles. The number of hydrogen-bond donors (Lipinski definition) is 0. The van der Waals surface area contributed by atoms with E-state index in [0.717, 1.165) is 5.56 Å². The number of rotatable bonds is 5. The minimum absolute atomic E-state index is 0.00209. The third-order valence-corrected chi connectivity index (χ3v) is 5.19. The van der Waals surface area contributed by atoms with Gasteiger partial charge < -0.3 is 0 Å². The quantitative estimate of drug-likeness (QED) is 0.776. The van der Waals surface area contributed by atoms with E-state index in [1.165, 1.54) is 6.07 Å². The topological polar surface area (TPSA) is 68.3 Å². The zero-order valence-electron chi connectivity index (χ0n) is 9.26. The predicted molar refractivity (Wildman–Crippen MR) is 67.5 cm³/mol. The lowest BCUT2D eigenvalue weighted by atomic mass is 10.2. The van der Waals surface area contributed by atoms with E-state index in [9.17, 15) is 16.8 Å². The summed E-state index contributed by atoms with van der Waals surface area (Å²) in [5.74, 6) is -0.554. The predicted octanol–water partition coefficient (Wildman–Crippen LogP) is 1.73. The van der Waals surface area contributed by atoms with E-state index in [4.69, 9.17) is 10.7 Å². The molecule has 0 amide bonds. The first-order chi connectivity index (χ1) is 7.71. The van der Waals surface area contributed by atoms with Crippen molar-refractivity contribution >= 4 is 29.6 Å². The van der Waals surface area contributed by atoms with Gasteiger partial charge in [0.25, 0.3) is 0 Å². The summed E-state index contributed by atoms with van der Waals surface area (Å²) in [5.41, 5.74) is 0.844. The minimum Gasteiger partial charge on any atom is -0.224 e. The molecule has 4 nitrogen and oxygen atoms in total. The van der Waals surface area contributed by atoms with Gasteiger partial charge in [0.1, 0.15) is 0 Å². The normalized spacial score (nSPS) is 12.6. The van der Waals surface area contributed by atoms with Crippen LogP contribution in [0.4, 0.5) is 0 Å². The SMILES string of the molecule is Cc1cccc(S(=O)(=O)CCCS(=O)(=O)Cl)c1. The summed E-state index contributed by atoms with van der Waals surface area (Å²) in [7, 11) is -2.05. The highest BCUT2D eigenvalue weighted by molar-refractivity contribution is 8.13.